The zero-order valence-corrected chi connectivity index (χ0v) is 19.9. The van der Waals surface area contributed by atoms with Crippen LogP contribution in [-0.2, 0) is 4.79 Å². The maximum Gasteiger partial charge on any atom is 0.273 e. The van der Waals surface area contributed by atoms with Gasteiger partial charge in [0, 0.05) is 50.5 Å². The molecule has 4 N–H and O–H groups in total. The van der Waals surface area contributed by atoms with Gasteiger partial charge in [0.15, 0.2) is 11.5 Å². The second-order valence-electron chi connectivity index (χ2n) is 9.05. The Labute approximate surface area is 197 Å². The van der Waals surface area contributed by atoms with E-state index in [2.05, 4.69) is 25.3 Å². The highest BCUT2D eigenvalue weighted by atomic mass is 16.2. The second kappa shape index (κ2) is 8.62. The Morgan fingerprint density at radius 2 is 1.94 bits per heavy atom. The quantitative estimate of drug-likeness (QED) is 0.405. The molecule has 0 saturated carbocycles. The van der Waals surface area contributed by atoms with Crippen molar-refractivity contribution in [1.29, 1.82) is 0 Å². The lowest BCUT2D eigenvalue weighted by Crippen LogP contribution is -2.44. The fourth-order valence-electron chi connectivity index (χ4n) is 3.79. The number of aromatic amines is 1. The van der Waals surface area contributed by atoms with E-state index in [-0.39, 0.29) is 24.0 Å². The summed E-state index contributed by atoms with van der Waals surface area (Å²) in [7, 11) is 3.36. The van der Waals surface area contributed by atoms with Gasteiger partial charge in [0.2, 0.25) is 5.91 Å². The molecule has 0 atom stereocenters. The number of nitrogen functional groups attached to an aromatic ring is 1. The summed E-state index contributed by atoms with van der Waals surface area (Å²) in [5, 5.41) is 2.79. The smallest absolute Gasteiger partial charge is 0.273 e. The zero-order chi connectivity index (χ0) is 24.6. The van der Waals surface area contributed by atoms with E-state index in [1.165, 1.54) is 4.90 Å². The van der Waals surface area contributed by atoms with Gasteiger partial charge >= 0.3 is 0 Å². The molecule has 0 aliphatic rings. The highest BCUT2D eigenvalue weighted by Crippen LogP contribution is 2.30. The number of imidazole rings is 1. The van der Waals surface area contributed by atoms with Crippen LogP contribution in [0.3, 0.4) is 0 Å². The molecule has 0 fully saturated rings. The maximum atomic E-state index is 13.1. The van der Waals surface area contributed by atoms with Gasteiger partial charge in [-0.25, -0.2) is 15.0 Å². The number of pyridine rings is 1. The van der Waals surface area contributed by atoms with E-state index in [0.29, 0.717) is 11.4 Å². The first-order chi connectivity index (χ1) is 16.1. The summed E-state index contributed by atoms with van der Waals surface area (Å²) in [6, 6.07) is 7.48. The van der Waals surface area contributed by atoms with Gasteiger partial charge in [-0.3, -0.25) is 9.59 Å². The molecule has 4 rings (SSSR count). The molecule has 4 aromatic heterocycles. The number of aromatic nitrogens is 5. The van der Waals surface area contributed by atoms with Crippen molar-refractivity contribution in [2.24, 2.45) is 5.41 Å². The lowest BCUT2D eigenvalue weighted by atomic mass is 9.91. The minimum absolute atomic E-state index is 0.000795. The maximum absolute atomic E-state index is 13.1. The molecule has 0 spiro atoms. The van der Waals surface area contributed by atoms with E-state index in [9.17, 15) is 9.59 Å². The number of hydrogen-bond donors (Lipinski definition) is 3. The SMILES string of the molecule is Cc1cnc2ccc(-c3nc(C(=O)NCC(C)(C)C(=O)N(C)C)c(N)nc3-c3ccc[nH]3)cn12. The highest BCUT2D eigenvalue weighted by Gasteiger charge is 2.30. The Bertz CT molecular complexity index is 1370. The van der Waals surface area contributed by atoms with Gasteiger partial charge in [-0.05, 0) is 45.0 Å². The van der Waals surface area contributed by atoms with E-state index in [4.69, 9.17) is 5.73 Å². The summed E-state index contributed by atoms with van der Waals surface area (Å²) in [5.41, 5.74) is 9.66. The average Bonchev–Trinajstić information content (AvgIpc) is 3.47. The predicted molar refractivity (Wildman–Crippen MR) is 130 cm³/mol. The number of nitrogens with one attached hydrogen (secondary N) is 2. The third-order valence-electron chi connectivity index (χ3n) is 5.63. The summed E-state index contributed by atoms with van der Waals surface area (Å²) in [6.45, 7) is 5.62. The topological polar surface area (TPSA) is 134 Å². The van der Waals surface area contributed by atoms with Crippen LogP contribution in [0.4, 0.5) is 5.82 Å². The Hall–Kier alpha value is -4.21. The largest absolute Gasteiger partial charge is 0.382 e. The number of aryl methyl sites for hydroxylation is 1. The summed E-state index contributed by atoms with van der Waals surface area (Å²) in [6.07, 6.45) is 5.48. The minimum Gasteiger partial charge on any atom is -0.382 e. The Morgan fingerprint density at radius 1 is 1.18 bits per heavy atom. The molecule has 0 radical (unpaired) electrons. The van der Waals surface area contributed by atoms with Crippen LogP contribution in [0.2, 0.25) is 0 Å². The number of hydrogen-bond acceptors (Lipinski definition) is 6. The van der Waals surface area contributed by atoms with E-state index >= 15 is 0 Å². The molecule has 0 bridgehead atoms. The number of carbonyl (C=O) groups excluding carboxylic acids is 2. The van der Waals surface area contributed by atoms with Gasteiger partial charge < -0.3 is 25.3 Å². The summed E-state index contributed by atoms with van der Waals surface area (Å²) >= 11 is 0. The molecular weight excluding hydrogens is 432 g/mol. The molecule has 0 aliphatic carbocycles. The van der Waals surface area contributed by atoms with Crippen LogP contribution in [0, 0.1) is 12.3 Å². The first-order valence-corrected chi connectivity index (χ1v) is 10.8. The normalized spacial score (nSPS) is 11.6. The monoisotopic (exact) mass is 460 g/mol. The number of anilines is 1. The average molecular weight is 461 g/mol. The van der Waals surface area contributed by atoms with Gasteiger partial charge in [0.1, 0.15) is 17.0 Å². The van der Waals surface area contributed by atoms with Gasteiger partial charge in [-0.2, -0.15) is 0 Å². The molecule has 10 heteroatoms. The van der Waals surface area contributed by atoms with Crippen molar-refractivity contribution in [3.05, 3.63) is 54.2 Å². The van der Waals surface area contributed by atoms with Crippen LogP contribution in [-0.4, -0.2) is 61.7 Å². The molecule has 0 saturated heterocycles. The Kier molecular flexibility index (Phi) is 5.82. The standard InChI is InChI=1S/C24H28N8O2/c1-14-11-27-17-9-8-15(12-32(14)17)18-19(16-7-6-10-26-16)30-21(25)20(29-18)22(33)28-13-24(2,3)23(34)31(4)5/h6-12,26H,13H2,1-5H3,(H2,25,30)(H,28,33). The van der Waals surface area contributed by atoms with E-state index in [0.717, 1.165) is 22.6 Å². The fourth-order valence-corrected chi connectivity index (χ4v) is 3.79. The predicted octanol–water partition coefficient (Wildman–Crippen LogP) is 2.52. The van der Waals surface area contributed by atoms with Crippen molar-refractivity contribution >= 4 is 23.3 Å². The van der Waals surface area contributed by atoms with Crippen LogP contribution in [0.1, 0.15) is 30.0 Å². The van der Waals surface area contributed by atoms with Crippen LogP contribution in [0.15, 0.2) is 42.9 Å². The molecule has 2 amide bonds. The van der Waals surface area contributed by atoms with Crippen molar-refractivity contribution in [3.8, 4) is 22.6 Å². The van der Waals surface area contributed by atoms with Crippen LogP contribution in [0.25, 0.3) is 28.3 Å². The van der Waals surface area contributed by atoms with E-state index < -0.39 is 11.3 Å². The third kappa shape index (κ3) is 4.21. The van der Waals surface area contributed by atoms with Crippen molar-refractivity contribution in [2.75, 3.05) is 26.4 Å². The van der Waals surface area contributed by atoms with E-state index in [1.807, 2.05) is 41.8 Å². The number of fused-ring (bicyclic) bond motifs is 1. The lowest BCUT2D eigenvalue weighted by molar-refractivity contribution is -0.137. The summed E-state index contributed by atoms with van der Waals surface area (Å²) in [4.78, 5) is 43.7. The number of H-pyrrole nitrogens is 1. The summed E-state index contributed by atoms with van der Waals surface area (Å²) in [5.74, 6) is -0.593. The Morgan fingerprint density at radius 3 is 2.62 bits per heavy atom. The van der Waals surface area contributed by atoms with E-state index in [1.54, 1.807) is 40.3 Å². The number of amides is 2. The molecule has 34 heavy (non-hydrogen) atoms. The van der Waals surface area contributed by atoms with Gasteiger partial charge in [0.25, 0.3) is 5.91 Å². The third-order valence-corrected chi connectivity index (χ3v) is 5.63. The lowest BCUT2D eigenvalue weighted by Gasteiger charge is -2.27. The fraction of sp³-hybridized carbons (Fsp3) is 0.292. The van der Waals surface area contributed by atoms with Crippen molar-refractivity contribution in [1.82, 2.24) is 34.6 Å². The second-order valence-corrected chi connectivity index (χ2v) is 9.05. The van der Waals surface area contributed by atoms with Crippen LogP contribution in [0.5, 0.6) is 0 Å². The Balaban J connectivity index is 1.75. The molecular formula is C24H28N8O2. The van der Waals surface area contributed by atoms with Crippen molar-refractivity contribution in [2.45, 2.75) is 20.8 Å². The minimum atomic E-state index is -0.793. The molecule has 0 unspecified atom stereocenters. The molecule has 176 valence electrons. The molecule has 10 nitrogen and oxygen atoms in total. The first kappa shape index (κ1) is 23.0. The van der Waals surface area contributed by atoms with Gasteiger partial charge in [-0.1, -0.05) is 0 Å². The zero-order valence-electron chi connectivity index (χ0n) is 19.9. The van der Waals surface area contributed by atoms with Crippen LogP contribution < -0.4 is 11.1 Å². The number of nitrogens with two attached hydrogens (primary N) is 1. The van der Waals surface area contributed by atoms with Crippen molar-refractivity contribution in [3.63, 3.8) is 0 Å². The van der Waals surface area contributed by atoms with Crippen molar-refractivity contribution < 1.29 is 9.59 Å². The summed E-state index contributed by atoms with van der Waals surface area (Å²) < 4.78 is 1.95. The van der Waals surface area contributed by atoms with Crippen LogP contribution >= 0.6 is 0 Å². The number of rotatable bonds is 6. The molecule has 0 aliphatic heterocycles. The first-order valence-electron chi connectivity index (χ1n) is 10.8. The number of nitrogens with zero attached hydrogens (tertiary/aromatic N) is 5. The number of carbonyl (C=O) groups is 2. The van der Waals surface area contributed by atoms with Gasteiger partial charge in [-0.15, -0.1) is 0 Å². The molecule has 0 aromatic carbocycles. The highest BCUT2D eigenvalue weighted by molar-refractivity contribution is 5.98. The molecule has 4 aromatic rings. The van der Waals surface area contributed by atoms with Gasteiger partial charge in [0.05, 0.1) is 11.1 Å². The molecule has 4 heterocycles.